The quantitative estimate of drug-likeness (QED) is 0.505. The molecule has 0 radical (unpaired) electrons. The smallest absolute Gasteiger partial charge is 0.257 e. The number of anilines is 2. The highest BCUT2D eigenvalue weighted by molar-refractivity contribution is 6.06. The second-order valence-corrected chi connectivity index (χ2v) is 8.78. The molecule has 3 heterocycles. The molecule has 180 valence electrons. The number of methoxy groups -OCH3 is 1. The lowest BCUT2D eigenvalue weighted by Gasteiger charge is -2.23. The lowest BCUT2D eigenvalue weighted by atomic mass is 10.0. The number of benzene rings is 1. The highest BCUT2D eigenvalue weighted by Gasteiger charge is 2.50. The molecular weight excluding hydrogens is 457 g/mol. The van der Waals surface area contributed by atoms with Crippen LogP contribution in [0.3, 0.4) is 0 Å². The Morgan fingerprint density at radius 2 is 2.09 bits per heavy atom. The van der Waals surface area contributed by atoms with E-state index in [4.69, 9.17) is 4.74 Å². The first-order valence-electron chi connectivity index (χ1n) is 11.2. The number of alkyl halides is 2. The van der Waals surface area contributed by atoms with Gasteiger partial charge >= 0.3 is 0 Å². The summed E-state index contributed by atoms with van der Waals surface area (Å²) >= 11 is 0. The summed E-state index contributed by atoms with van der Waals surface area (Å²) in [6.45, 7) is 0.536. The van der Waals surface area contributed by atoms with Crippen LogP contribution in [0.25, 0.3) is 11.3 Å². The molecule has 2 aliphatic rings. The molecule has 0 spiro atoms. The molecule has 1 aliphatic carbocycles. The van der Waals surface area contributed by atoms with Gasteiger partial charge in [0.2, 0.25) is 0 Å². The topological polar surface area (TPSA) is 70.2 Å². The first-order valence-corrected chi connectivity index (χ1v) is 11.2. The predicted molar refractivity (Wildman–Crippen MR) is 125 cm³/mol. The fourth-order valence-corrected chi connectivity index (χ4v) is 4.26. The van der Waals surface area contributed by atoms with Crippen LogP contribution in [0.1, 0.15) is 34.5 Å². The third kappa shape index (κ3) is 3.99. The van der Waals surface area contributed by atoms with Gasteiger partial charge in [0.1, 0.15) is 0 Å². The van der Waals surface area contributed by atoms with E-state index in [2.05, 4.69) is 27.1 Å². The number of aromatic amines is 1. The number of aromatic nitrogens is 2. The number of carbonyl (C=O) groups excluding carboxylic acids is 1. The van der Waals surface area contributed by atoms with E-state index in [0.29, 0.717) is 59.6 Å². The SMILES string of the molecule is COc1c(F)cccc1Nc1c(-c2ccncc2C#CC2(C(F)F)CC2)[nH]c2c1C(=O)N(C)CC2. The van der Waals surface area contributed by atoms with Crippen LogP contribution in [-0.4, -0.2) is 47.9 Å². The standard InChI is InChI=1S/C26H23F3N4O2/c1-33-13-8-18-20(24(33)34)22(32-19-5-3-4-17(27)23(19)35-2)21(31-18)16-7-12-30-14-15(16)6-9-26(10-11-26)25(28)29/h3-5,7,12,14,25,31-32H,8,10-11,13H2,1-2H3. The summed E-state index contributed by atoms with van der Waals surface area (Å²) < 4.78 is 46.5. The molecule has 2 N–H and O–H groups in total. The maximum absolute atomic E-state index is 14.4. The van der Waals surface area contributed by atoms with Crippen LogP contribution in [0, 0.1) is 23.1 Å². The van der Waals surface area contributed by atoms with Crippen LogP contribution in [0.4, 0.5) is 24.5 Å². The largest absolute Gasteiger partial charge is 0.492 e. The van der Waals surface area contributed by atoms with Crippen LogP contribution in [0.15, 0.2) is 36.7 Å². The van der Waals surface area contributed by atoms with Crippen molar-refractivity contribution < 1.29 is 22.7 Å². The summed E-state index contributed by atoms with van der Waals surface area (Å²) in [5.74, 6) is 4.91. The summed E-state index contributed by atoms with van der Waals surface area (Å²) in [5.41, 5.74) is 2.26. The summed E-state index contributed by atoms with van der Waals surface area (Å²) in [6.07, 6.45) is 1.88. The van der Waals surface area contributed by atoms with Crippen LogP contribution in [0.5, 0.6) is 5.75 Å². The molecular formula is C26H23F3N4O2. The number of para-hydroxylation sites is 1. The minimum absolute atomic E-state index is 0.00682. The number of amides is 1. The van der Waals surface area contributed by atoms with Crippen LogP contribution in [0.2, 0.25) is 0 Å². The molecule has 0 atom stereocenters. The molecule has 0 unspecified atom stereocenters. The molecule has 35 heavy (non-hydrogen) atoms. The fourth-order valence-electron chi connectivity index (χ4n) is 4.26. The number of nitrogens with one attached hydrogen (secondary N) is 2. The number of nitrogens with zero attached hydrogens (tertiary/aromatic N) is 2. The van der Waals surface area contributed by atoms with Gasteiger partial charge in [0.25, 0.3) is 12.3 Å². The lowest BCUT2D eigenvalue weighted by Crippen LogP contribution is -2.34. The summed E-state index contributed by atoms with van der Waals surface area (Å²) in [5, 5.41) is 3.19. The Bertz CT molecular complexity index is 1370. The van der Waals surface area contributed by atoms with Gasteiger partial charge in [0.15, 0.2) is 11.6 Å². The van der Waals surface area contributed by atoms with Crippen molar-refractivity contribution in [2.75, 3.05) is 26.0 Å². The monoisotopic (exact) mass is 480 g/mol. The van der Waals surface area contributed by atoms with E-state index in [1.54, 1.807) is 30.3 Å². The molecule has 0 bridgehead atoms. The van der Waals surface area contributed by atoms with Crippen molar-refractivity contribution in [1.29, 1.82) is 0 Å². The molecule has 2 aromatic heterocycles. The van der Waals surface area contributed by atoms with E-state index in [1.165, 1.54) is 25.4 Å². The number of halogens is 3. The second kappa shape index (κ2) is 8.69. The van der Waals surface area contributed by atoms with E-state index >= 15 is 0 Å². The minimum Gasteiger partial charge on any atom is -0.492 e. The maximum atomic E-state index is 14.4. The van der Waals surface area contributed by atoms with Crippen molar-refractivity contribution >= 4 is 17.3 Å². The van der Waals surface area contributed by atoms with Crippen molar-refractivity contribution in [2.45, 2.75) is 25.7 Å². The Morgan fingerprint density at radius 1 is 1.29 bits per heavy atom. The van der Waals surface area contributed by atoms with Gasteiger partial charge in [-0.2, -0.15) is 0 Å². The molecule has 1 amide bonds. The van der Waals surface area contributed by atoms with Crippen molar-refractivity contribution in [3.05, 3.63) is 59.3 Å². The molecule has 1 aromatic carbocycles. The van der Waals surface area contributed by atoms with Gasteiger partial charge in [-0.25, -0.2) is 13.2 Å². The van der Waals surface area contributed by atoms with E-state index in [1.807, 2.05) is 0 Å². The zero-order chi connectivity index (χ0) is 24.7. The Balaban J connectivity index is 1.67. The molecule has 9 heteroatoms. The third-order valence-electron chi connectivity index (χ3n) is 6.51. The first kappa shape index (κ1) is 22.8. The van der Waals surface area contributed by atoms with E-state index in [9.17, 15) is 18.0 Å². The molecule has 0 saturated heterocycles. The van der Waals surface area contributed by atoms with E-state index in [0.717, 1.165) is 5.69 Å². The number of rotatable bonds is 5. The van der Waals surface area contributed by atoms with E-state index in [-0.39, 0.29) is 11.7 Å². The van der Waals surface area contributed by atoms with Crippen molar-refractivity contribution in [2.24, 2.45) is 5.41 Å². The highest BCUT2D eigenvalue weighted by Crippen LogP contribution is 2.50. The van der Waals surface area contributed by atoms with Gasteiger partial charge in [-0.15, -0.1) is 0 Å². The number of hydrogen-bond acceptors (Lipinski definition) is 4. The molecule has 6 nitrogen and oxygen atoms in total. The van der Waals surface area contributed by atoms with Crippen molar-refractivity contribution in [3.63, 3.8) is 0 Å². The number of fused-ring (bicyclic) bond motifs is 1. The highest BCUT2D eigenvalue weighted by atomic mass is 19.3. The average Bonchev–Trinajstić information content (AvgIpc) is 3.56. The third-order valence-corrected chi connectivity index (χ3v) is 6.51. The number of carbonyl (C=O) groups is 1. The Labute approximate surface area is 200 Å². The summed E-state index contributed by atoms with van der Waals surface area (Å²) in [6, 6.07) is 6.18. The predicted octanol–water partition coefficient (Wildman–Crippen LogP) is 4.99. The number of hydrogen-bond donors (Lipinski definition) is 2. The normalized spacial score (nSPS) is 15.9. The van der Waals surface area contributed by atoms with Gasteiger partial charge in [-0.3, -0.25) is 9.78 Å². The molecule has 1 saturated carbocycles. The minimum atomic E-state index is -2.52. The van der Waals surface area contributed by atoms with Gasteiger partial charge < -0.3 is 19.9 Å². The first-order chi connectivity index (χ1) is 16.8. The Morgan fingerprint density at radius 3 is 2.80 bits per heavy atom. The van der Waals surface area contributed by atoms with Crippen LogP contribution >= 0.6 is 0 Å². The fraction of sp³-hybridized carbons (Fsp3) is 0.308. The molecule has 1 aliphatic heterocycles. The van der Waals surface area contributed by atoms with Crippen LogP contribution in [-0.2, 0) is 6.42 Å². The second-order valence-electron chi connectivity index (χ2n) is 8.78. The van der Waals surface area contributed by atoms with Gasteiger partial charge in [0, 0.05) is 43.7 Å². The van der Waals surface area contributed by atoms with Gasteiger partial charge in [0.05, 0.1) is 40.7 Å². The zero-order valence-corrected chi connectivity index (χ0v) is 19.2. The number of H-pyrrole nitrogens is 1. The van der Waals surface area contributed by atoms with Gasteiger partial charge in [-0.05, 0) is 31.0 Å². The Hall–Kier alpha value is -3.93. The molecule has 3 aromatic rings. The number of ether oxygens (including phenoxy) is 1. The average molecular weight is 480 g/mol. The maximum Gasteiger partial charge on any atom is 0.257 e. The zero-order valence-electron chi connectivity index (χ0n) is 19.2. The summed E-state index contributed by atoms with van der Waals surface area (Å²) in [4.78, 5) is 22.2. The van der Waals surface area contributed by atoms with Gasteiger partial charge in [-0.1, -0.05) is 17.9 Å². The summed E-state index contributed by atoms with van der Waals surface area (Å²) in [7, 11) is 3.08. The van der Waals surface area contributed by atoms with Crippen molar-refractivity contribution in [3.8, 4) is 28.8 Å². The number of likely N-dealkylation sites (N-methyl/N-ethyl adjacent to an activating group) is 1. The van der Waals surface area contributed by atoms with E-state index < -0.39 is 17.7 Å². The van der Waals surface area contributed by atoms with Crippen LogP contribution < -0.4 is 10.1 Å². The molecule has 1 fully saturated rings. The van der Waals surface area contributed by atoms with Crippen molar-refractivity contribution in [1.82, 2.24) is 14.9 Å². The molecule has 5 rings (SSSR count). The number of pyridine rings is 1. The Kier molecular flexibility index (Phi) is 5.67. The lowest BCUT2D eigenvalue weighted by molar-refractivity contribution is 0.0781.